The first-order valence-electron chi connectivity index (χ1n) is 16.2. The Balaban J connectivity index is 1.44. The summed E-state index contributed by atoms with van der Waals surface area (Å²) in [5.41, 5.74) is 2.74. The van der Waals surface area contributed by atoms with Crippen molar-refractivity contribution >= 4 is 11.4 Å². The molecule has 0 saturated carbocycles. The lowest BCUT2D eigenvalue weighted by molar-refractivity contribution is -0.0893. The Labute approximate surface area is 276 Å². The number of hydrogen-bond donors (Lipinski definition) is 3. The first kappa shape index (κ1) is 34.7. The number of rotatable bonds is 10. The second-order valence-electron chi connectivity index (χ2n) is 12.9. The summed E-state index contributed by atoms with van der Waals surface area (Å²) in [5.74, 6) is -0.356. The Morgan fingerprint density at radius 2 is 1.68 bits per heavy atom. The fraction of sp³-hybridized carbons (Fsp3) is 0.444. The van der Waals surface area contributed by atoms with Crippen LogP contribution in [0.5, 0.6) is 0 Å². The Morgan fingerprint density at radius 3 is 2.34 bits per heavy atom. The molecule has 11 heteroatoms. The second kappa shape index (κ2) is 14.6. The molecule has 2 unspecified atom stereocenters. The van der Waals surface area contributed by atoms with E-state index in [1.807, 2.05) is 37.4 Å². The average molecular weight is 654 g/mol. The van der Waals surface area contributed by atoms with Crippen molar-refractivity contribution < 1.29 is 17.6 Å². The monoisotopic (exact) mass is 653 g/mol. The van der Waals surface area contributed by atoms with Gasteiger partial charge in [0.25, 0.3) is 0 Å². The standard InChI is InChI=1S/C36H47F4N7/c1-24-17-32(36(38,39)40)31(20-42-24)27(4)43-34-19-29(8-10-35(34)47-21-25(2)44(6)26(3)22-47)30-18-28(7-9-33(30)37)23-46-15-13-45(14-16-46)12-11-41-5/h7-10,17-20,25-26,41-43H,1,4,11-16,21-23H2,2-3,5-6H3. The van der Waals surface area contributed by atoms with Crippen molar-refractivity contribution in [3.63, 3.8) is 0 Å². The van der Waals surface area contributed by atoms with Crippen molar-refractivity contribution in [3.8, 4) is 11.1 Å². The largest absolute Gasteiger partial charge is 0.417 e. The van der Waals surface area contributed by atoms with E-state index < -0.39 is 11.7 Å². The van der Waals surface area contributed by atoms with E-state index in [-0.39, 0.29) is 34.9 Å². The Morgan fingerprint density at radius 1 is 1.00 bits per heavy atom. The third-order valence-corrected chi connectivity index (χ3v) is 9.51. The third kappa shape index (κ3) is 8.27. The number of anilines is 2. The summed E-state index contributed by atoms with van der Waals surface area (Å²) in [5, 5.41) is 9.18. The van der Waals surface area contributed by atoms with Crippen LogP contribution >= 0.6 is 0 Å². The van der Waals surface area contributed by atoms with Crippen LogP contribution in [0.4, 0.5) is 28.9 Å². The highest BCUT2D eigenvalue weighted by Crippen LogP contribution is 2.40. The molecule has 2 fully saturated rings. The first-order valence-corrected chi connectivity index (χ1v) is 16.2. The van der Waals surface area contributed by atoms with Gasteiger partial charge in [-0.25, -0.2) is 4.39 Å². The summed E-state index contributed by atoms with van der Waals surface area (Å²) in [7, 11) is 4.06. The molecule has 2 saturated heterocycles. The fourth-order valence-electron chi connectivity index (χ4n) is 6.52. The van der Waals surface area contributed by atoms with E-state index in [0.717, 1.165) is 69.7 Å². The van der Waals surface area contributed by atoms with Crippen LogP contribution in [-0.4, -0.2) is 99.4 Å². The number of allylic oxidation sites excluding steroid dienone is 2. The van der Waals surface area contributed by atoms with Gasteiger partial charge in [-0.3, -0.25) is 14.7 Å². The highest BCUT2D eigenvalue weighted by Gasteiger charge is 2.38. The number of dihydropyridines is 1. The number of nitrogens with one attached hydrogen (secondary N) is 3. The van der Waals surface area contributed by atoms with E-state index in [2.05, 4.69) is 69.6 Å². The first-order chi connectivity index (χ1) is 22.3. The summed E-state index contributed by atoms with van der Waals surface area (Å²) < 4.78 is 57.6. The van der Waals surface area contributed by atoms with Crippen molar-refractivity contribution in [1.29, 1.82) is 0 Å². The highest BCUT2D eigenvalue weighted by atomic mass is 19.4. The lowest BCUT2D eigenvalue weighted by Gasteiger charge is -2.44. The van der Waals surface area contributed by atoms with E-state index in [1.54, 1.807) is 0 Å². The zero-order valence-electron chi connectivity index (χ0n) is 27.9. The van der Waals surface area contributed by atoms with Gasteiger partial charge in [0.15, 0.2) is 0 Å². The number of benzene rings is 2. The number of piperazine rings is 2. The van der Waals surface area contributed by atoms with Crippen LogP contribution in [0.1, 0.15) is 19.4 Å². The quantitative estimate of drug-likeness (QED) is 0.282. The van der Waals surface area contributed by atoms with Gasteiger partial charge in [-0.2, -0.15) is 13.2 Å². The van der Waals surface area contributed by atoms with Crippen LogP contribution in [0.2, 0.25) is 0 Å². The molecule has 0 radical (unpaired) electrons. The molecule has 3 aliphatic heterocycles. The van der Waals surface area contributed by atoms with Gasteiger partial charge in [0.05, 0.1) is 16.9 Å². The minimum absolute atomic E-state index is 0.0743. The predicted molar refractivity (Wildman–Crippen MR) is 184 cm³/mol. The van der Waals surface area contributed by atoms with E-state index in [1.165, 1.54) is 12.3 Å². The van der Waals surface area contributed by atoms with E-state index in [0.29, 0.717) is 23.4 Å². The van der Waals surface area contributed by atoms with Crippen LogP contribution in [0.3, 0.4) is 0 Å². The summed E-state index contributed by atoms with van der Waals surface area (Å²) in [4.78, 5) is 9.37. The number of hydrogen-bond acceptors (Lipinski definition) is 7. The molecular formula is C36H47F4N7. The molecule has 0 spiro atoms. The van der Waals surface area contributed by atoms with Gasteiger partial charge in [-0.05, 0) is 69.4 Å². The normalized spacial score (nSPS) is 21.7. The zero-order chi connectivity index (χ0) is 33.9. The molecule has 0 amide bonds. The van der Waals surface area contributed by atoms with Crippen molar-refractivity contribution in [2.45, 2.75) is 38.7 Å². The second-order valence-corrected chi connectivity index (χ2v) is 12.9. The van der Waals surface area contributed by atoms with Crippen molar-refractivity contribution in [1.82, 2.24) is 25.3 Å². The van der Waals surface area contributed by atoms with Gasteiger partial charge in [0.1, 0.15) is 5.82 Å². The topological polar surface area (TPSA) is 49.1 Å². The maximum Gasteiger partial charge on any atom is 0.417 e. The van der Waals surface area contributed by atoms with Crippen LogP contribution in [0, 0.1) is 5.82 Å². The zero-order valence-corrected chi connectivity index (χ0v) is 27.9. The van der Waals surface area contributed by atoms with E-state index in [9.17, 15) is 13.2 Å². The Kier molecular flexibility index (Phi) is 10.8. The summed E-state index contributed by atoms with van der Waals surface area (Å²) >= 11 is 0. The molecule has 254 valence electrons. The smallest absolute Gasteiger partial charge is 0.367 e. The third-order valence-electron chi connectivity index (χ3n) is 9.51. The highest BCUT2D eigenvalue weighted by molar-refractivity contribution is 5.81. The molecule has 0 aromatic heterocycles. The molecule has 3 N–H and O–H groups in total. The van der Waals surface area contributed by atoms with Crippen LogP contribution in [0.25, 0.3) is 11.1 Å². The number of nitrogens with zero attached hydrogens (tertiary/aromatic N) is 4. The van der Waals surface area contributed by atoms with E-state index in [4.69, 9.17) is 0 Å². The minimum Gasteiger partial charge on any atom is -0.367 e. The predicted octanol–water partition coefficient (Wildman–Crippen LogP) is 5.77. The summed E-state index contributed by atoms with van der Waals surface area (Å²) in [6.07, 6.45) is -2.35. The molecule has 0 bridgehead atoms. The molecular weight excluding hydrogens is 606 g/mol. The molecule has 7 nitrogen and oxygen atoms in total. The van der Waals surface area contributed by atoms with Crippen molar-refractivity contribution in [2.24, 2.45) is 0 Å². The maximum absolute atomic E-state index is 15.5. The van der Waals surface area contributed by atoms with Gasteiger partial charge in [-0.1, -0.05) is 25.3 Å². The number of alkyl halides is 3. The fourth-order valence-corrected chi connectivity index (χ4v) is 6.52. The number of likely N-dealkylation sites (N-methyl/N-ethyl adjacent to an activating group) is 2. The van der Waals surface area contributed by atoms with Gasteiger partial charge in [0.2, 0.25) is 0 Å². The van der Waals surface area contributed by atoms with Crippen LogP contribution in [0.15, 0.2) is 84.4 Å². The summed E-state index contributed by atoms with van der Waals surface area (Å²) in [6.45, 7) is 19.9. The van der Waals surface area contributed by atoms with Crippen molar-refractivity contribution in [2.75, 3.05) is 76.7 Å². The molecule has 5 rings (SSSR count). The average Bonchev–Trinajstić information content (AvgIpc) is 3.03. The molecule has 3 heterocycles. The van der Waals surface area contributed by atoms with Gasteiger partial charge in [0, 0.05) is 99.7 Å². The Hall–Kier alpha value is -3.64. The molecule has 2 atom stereocenters. The van der Waals surface area contributed by atoms with Gasteiger partial charge in [-0.15, -0.1) is 0 Å². The molecule has 2 aromatic rings. The molecule has 2 aromatic carbocycles. The molecule has 47 heavy (non-hydrogen) atoms. The SMILES string of the molecule is C=C1C=C(C(F)(F)F)C(C(=C)Nc2cc(-c3cc(CN4CCN(CCNC)CC4)ccc3F)ccc2N2CC(C)N(C)C(C)C2)=CN1. The lowest BCUT2D eigenvalue weighted by Crippen LogP contribution is -2.55. The van der Waals surface area contributed by atoms with Gasteiger partial charge >= 0.3 is 6.18 Å². The van der Waals surface area contributed by atoms with E-state index >= 15 is 4.39 Å². The lowest BCUT2D eigenvalue weighted by atomic mass is 9.98. The maximum atomic E-state index is 15.5. The van der Waals surface area contributed by atoms with Crippen LogP contribution < -0.4 is 20.9 Å². The molecule has 0 aliphatic carbocycles. The van der Waals surface area contributed by atoms with Crippen molar-refractivity contribution in [3.05, 3.63) is 95.8 Å². The molecule has 3 aliphatic rings. The van der Waals surface area contributed by atoms with Crippen LogP contribution in [-0.2, 0) is 6.54 Å². The minimum atomic E-state index is -4.60. The number of halogens is 4. The van der Waals surface area contributed by atoms with Gasteiger partial charge < -0.3 is 20.9 Å². The summed E-state index contributed by atoms with van der Waals surface area (Å²) in [6, 6.07) is 11.4. The Bertz CT molecular complexity index is 1510.